The Labute approximate surface area is 89.2 Å². The van der Waals surface area contributed by atoms with Crippen molar-refractivity contribution in [1.82, 2.24) is 0 Å². The predicted molar refractivity (Wildman–Crippen MR) is 63.1 cm³/mol. The van der Waals surface area contributed by atoms with Crippen LogP contribution in [-0.2, 0) is 0 Å². The average molecular weight is 196 g/mol. The molecule has 0 bridgehead atoms. The zero-order valence-corrected chi connectivity index (χ0v) is 10.7. The molecular weight excluding hydrogens is 170 g/mol. The SMILES string of the molecule is CC(CC(C)C(C)C)C[N+]1=CC1(C)C. The molecule has 0 aromatic carbocycles. The lowest BCUT2D eigenvalue weighted by molar-refractivity contribution is -0.504. The van der Waals surface area contributed by atoms with Gasteiger partial charge in [0.1, 0.15) is 6.54 Å². The van der Waals surface area contributed by atoms with Gasteiger partial charge in [0, 0.05) is 19.8 Å². The molecule has 1 aliphatic heterocycles. The Morgan fingerprint density at radius 1 is 1.14 bits per heavy atom. The molecular formula is C13H26N+. The topological polar surface area (TPSA) is 3.01 Å². The summed E-state index contributed by atoms with van der Waals surface area (Å²) in [6, 6.07) is 0. The van der Waals surface area contributed by atoms with E-state index in [1.165, 1.54) is 13.0 Å². The summed E-state index contributed by atoms with van der Waals surface area (Å²) in [6.07, 6.45) is 3.70. The lowest BCUT2D eigenvalue weighted by atomic mass is 9.88. The molecule has 0 aliphatic carbocycles. The molecule has 1 aliphatic rings. The van der Waals surface area contributed by atoms with Crippen LogP contribution in [0, 0.1) is 17.8 Å². The van der Waals surface area contributed by atoms with Gasteiger partial charge in [-0.1, -0.05) is 27.7 Å². The molecule has 0 spiro atoms. The van der Waals surface area contributed by atoms with E-state index in [4.69, 9.17) is 0 Å². The third-order valence-corrected chi connectivity index (χ3v) is 3.56. The highest BCUT2D eigenvalue weighted by molar-refractivity contribution is 5.71. The highest BCUT2D eigenvalue weighted by atomic mass is 15.2. The van der Waals surface area contributed by atoms with Crippen LogP contribution >= 0.6 is 0 Å². The predicted octanol–water partition coefficient (Wildman–Crippen LogP) is 3.18. The van der Waals surface area contributed by atoms with Gasteiger partial charge in [0.2, 0.25) is 11.8 Å². The Bertz CT molecular complexity index is 225. The van der Waals surface area contributed by atoms with Crippen molar-refractivity contribution in [1.29, 1.82) is 0 Å². The number of hydrogen-bond acceptors (Lipinski definition) is 0. The van der Waals surface area contributed by atoms with Gasteiger partial charge in [-0.2, -0.15) is 0 Å². The van der Waals surface area contributed by atoms with Gasteiger partial charge in [-0.15, -0.1) is 0 Å². The van der Waals surface area contributed by atoms with Crippen molar-refractivity contribution >= 4 is 6.21 Å². The normalized spacial score (nSPS) is 23.2. The minimum atomic E-state index is 0.384. The molecule has 1 nitrogen and oxygen atoms in total. The van der Waals surface area contributed by atoms with Gasteiger partial charge in [-0.25, -0.2) is 4.58 Å². The largest absolute Gasteiger partial charge is 0.232 e. The maximum absolute atomic E-state index is 2.46. The van der Waals surface area contributed by atoms with Gasteiger partial charge in [0.15, 0.2) is 0 Å². The quantitative estimate of drug-likeness (QED) is 0.594. The van der Waals surface area contributed by atoms with E-state index in [0.29, 0.717) is 5.54 Å². The van der Waals surface area contributed by atoms with Crippen molar-refractivity contribution in [2.75, 3.05) is 6.54 Å². The van der Waals surface area contributed by atoms with Crippen LogP contribution in [0.5, 0.6) is 0 Å². The summed E-state index contributed by atoms with van der Waals surface area (Å²) in [5.41, 5.74) is 0.384. The molecule has 0 aromatic heterocycles. The lowest BCUT2D eigenvalue weighted by Crippen LogP contribution is -2.20. The van der Waals surface area contributed by atoms with Crippen molar-refractivity contribution in [3.8, 4) is 0 Å². The molecule has 0 N–H and O–H groups in total. The van der Waals surface area contributed by atoms with Gasteiger partial charge in [0.05, 0.1) is 0 Å². The van der Waals surface area contributed by atoms with E-state index in [9.17, 15) is 0 Å². The standard InChI is InChI=1S/C13H26N/c1-10(2)12(4)7-11(3)8-14-9-13(14,5)6/h9-12H,7-8H2,1-6H3/q+1. The third kappa shape index (κ3) is 3.11. The fraction of sp³-hybridized carbons (Fsp3) is 0.923. The molecule has 2 unspecified atom stereocenters. The molecule has 14 heavy (non-hydrogen) atoms. The van der Waals surface area contributed by atoms with Gasteiger partial charge in [-0.3, -0.25) is 0 Å². The number of nitrogens with zero attached hydrogens (tertiary/aromatic N) is 1. The smallest absolute Gasteiger partial charge is 0.219 e. The van der Waals surface area contributed by atoms with Crippen LogP contribution in [0.3, 0.4) is 0 Å². The third-order valence-electron chi connectivity index (χ3n) is 3.56. The van der Waals surface area contributed by atoms with Gasteiger partial charge < -0.3 is 0 Å². The summed E-state index contributed by atoms with van der Waals surface area (Å²) in [5.74, 6) is 2.50. The second-order valence-corrected chi connectivity index (χ2v) is 6.00. The van der Waals surface area contributed by atoms with Crippen molar-refractivity contribution in [2.24, 2.45) is 17.8 Å². The van der Waals surface area contributed by atoms with Crippen molar-refractivity contribution in [2.45, 2.75) is 53.5 Å². The van der Waals surface area contributed by atoms with E-state index in [-0.39, 0.29) is 0 Å². The zero-order valence-electron chi connectivity index (χ0n) is 10.7. The second kappa shape index (κ2) is 4.04. The van der Waals surface area contributed by atoms with Crippen LogP contribution < -0.4 is 0 Å². The maximum atomic E-state index is 2.46. The first-order valence-corrected chi connectivity index (χ1v) is 5.95. The Balaban J connectivity index is 2.24. The van der Waals surface area contributed by atoms with Crippen molar-refractivity contribution in [3.05, 3.63) is 0 Å². The summed E-state index contributed by atoms with van der Waals surface area (Å²) < 4.78 is 2.46. The second-order valence-electron chi connectivity index (χ2n) is 6.00. The summed E-state index contributed by atoms with van der Waals surface area (Å²) >= 11 is 0. The molecule has 0 amide bonds. The van der Waals surface area contributed by atoms with E-state index in [0.717, 1.165) is 17.8 Å². The van der Waals surface area contributed by atoms with Crippen LogP contribution in [0.1, 0.15) is 48.0 Å². The molecule has 1 heteroatoms. The molecule has 1 rings (SSSR count). The van der Waals surface area contributed by atoms with Crippen molar-refractivity contribution < 1.29 is 4.58 Å². The van der Waals surface area contributed by atoms with Gasteiger partial charge in [0.25, 0.3) is 0 Å². The maximum Gasteiger partial charge on any atom is 0.232 e. The molecule has 1 heterocycles. The molecule has 0 radical (unpaired) electrons. The average Bonchev–Trinajstić information content (AvgIpc) is 2.57. The van der Waals surface area contributed by atoms with E-state index in [1.807, 2.05) is 0 Å². The Morgan fingerprint density at radius 2 is 1.64 bits per heavy atom. The summed E-state index contributed by atoms with van der Waals surface area (Å²) in [5, 5.41) is 0. The Kier molecular flexibility index (Phi) is 3.39. The van der Waals surface area contributed by atoms with E-state index < -0.39 is 0 Å². The molecule has 2 atom stereocenters. The van der Waals surface area contributed by atoms with Gasteiger partial charge in [-0.05, 0) is 18.3 Å². The molecule has 0 aromatic rings. The van der Waals surface area contributed by atoms with E-state index in [2.05, 4.69) is 52.3 Å². The van der Waals surface area contributed by atoms with E-state index >= 15 is 0 Å². The minimum absolute atomic E-state index is 0.384. The first kappa shape index (κ1) is 11.7. The van der Waals surface area contributed by atoms with E-state index in [1.54, 1.807) is 0 Å². The van der Waals surface area contributed by atoms with Crippen LogP contribution in [0.25, 0.3) is 0 Å². The fourth-order valence-corrected chi connectivity index (χ4v) is 1.96. The van der Waals surface area contributed by atoms with Crippen molar-refractivity contribution in [3.63, 3.8) is 0 Å². The fourth-order valence-electron chi connectivity index (χ4n) is 1.96. The number of rotatable bonds is 5. The van der Waals surface area contributed by atoms with Gasteiger partial charge >= 0.3 is 0 Å². The zero-order chi connectivity index (χ0) is 10.9. The van der Waals surface area contributed by atoms with Crippen LogP contribution in [-0.4, -0.2) is 22.9 Å². The Hall–Kier alpha value is -0.330. The lowest BCUT2D eigenvalue weighted by Gasteiger charge is -2.18. The van der Waals surface area contributed by atoms with Crippen LogP contribution in [0.4, 0.5) is 0 Å². The molecule has 0 fully saturated rings. The highest BCUT2D eigenvalue weighted by Gasteiger charge is 2.45. The summed E-state index contributed by atoms with van der Waals surface area (Å²) in [6.45, 7) is 15.2. The minimum Gasteiger partial charge on any atom is -0.219 e. The summed E-state index contributed by atoms with van der Waals surface area (Å²) in [4.78, 5) is 0. The molecule has 0 saturated carbocycles. The first-order chi connectivity index (χ1) is 6.33. The first-order valence-electron chi connectivity index (χ1n) is 5.95. The Morgan fingerprint density at radius 3 is 2.00 bits per heavy atom. The highest BCUT2D eigenvalue weighted by Crippen LogP contribution is 2.24. The molecule has 82 valence electrons. The molecule has 0 saturated heterocycles. The monoisotopic (exact) mass is 196 g/mol. The summed E-state index contributed by atoms with van der Waals surface area (Å²) in [7, 11) is 0. The number of hydrogen-bond donors (Lipinski definition) is 0. The van der Waals surface area contributed by atoms with Crippen LogP contribution in [0.2, 0.25) is 0 Å². The van der Waals surface area contributed by atoms with Crippen LogP contribution in [0.15, 0.2) is 0 Å².